The Bertz CT molecular complexity index is 215. The van der Waals surface area contributed by atoms with Gasteiger partial charge in [0.05, 0.1) is 0 Å². The van der Waals surface area contributed by atoms with E-state index in [9.17, 15) is 0 Å². The zero-order valence-electron chi connectivity index (χ0n) is 8.82. The second-order valence-electron chi connectivity index (χ2n) is 1.34. The molecule has 0 saturated carbocycles. The first-order valence-corrected chi connectivity index (χ1v) is 6.57. The zero-order chi connectivity index (χ0) is 13.5. The van der Waals surface area contributed by atoms with E-state index in [-0.39, 0.29) is 105 Å². The van der Waals surface area contributed by atoms with Gasteiger partial charge < -0.3 is 63.2 Å². The van der Waals surface area contributed by atoms with Crippen molar-refractivity contribution in [3.05, 3.63) is 0 Å². The molecule has 0 aliphatic heterocycles. The molecular formula is H2AlO13P3Pb3. The van der Waals surface area contributed by atoms with Crippen LogP contribution in [0.1, 0.15) is 0 Å². The molecule has 0 atom stereocenters. The Kier molecular flexibility index (Phi) is 55.9. The van der Waals surface area contributed by atoms with E-state index in [1.54, 1.807) is 0 Å². The van der Waals surface area contributed by atoms with Crippen LogP contribution >= 0.6 is 23.5 Å². The summed E-state index contributed by atoms with van der Waals surface area (Å²) in [4.78, 5) is 76.9. The average Bonchev–Trinajstić information content (AvgIpc) is 1.41. The zero-order valence-corrected chi connectivity index (χ0v) is 24.3. The maximum absolute atomic E-state index is 8.55. The summed E-state index contributed by atoms with van der Waals surface area (Å²) in [5.41, 5.74) is 0. The van der Waals surface area contributed by atoms with Gasteiger partial charge in [-0.2, -0.15) is 23.5 Å². The van der Waals surface area contributed by atoms with E-state index in [1.165, 1.54) is 0 Å². The minimum atomic E-state index is -5.39. The third-order valence-electron chi connectivity index (χ3n) is 0. The summed E-state index contributed by atoms with van der Waals surface area (Å²) in [6.45, 7) is 0. The van der Waals surface area contributed by atoms with Crippen LogP contribution in [0.25, 0.3) is 0 Å². The van der Waals surface area contributed by atoms with Gasteiger partial charge in [-0.15, -0.1) is 0 Å². The summed E-state index contributed by atoms with van der Waals surface area (Å²) in [5, 5.41) is 0. The first kappa shape index (κ1) is 49.5. The topological polar surface area (TPSA) is 290 Å². The molecule has 0 amide bonds. The molecule has 0 aromatic carbocycles. The smallest absolute Gasteiger partial charge is 0.822 e. The van der Waals surface area contributed by atoms with Crippen LogP contribution in [-0.2, 0) is 13.7 Å². The molecule has 2 N–H and O–H groups in total. The van der Waals surface area contributed by atoms with Gasteiger partial charge in [-0.05, 0) is 0 Å². The molecule has 20 heavy (non-hydrogen) atoms. The van der Waals surface area contributed by atoms with Gasteiger partial charge in [0.2, 0.25) is 0 Å². The Labute approximate surface area is 183 Å². The van der Waals surface area contributed by atoms with E-state index in [4.69, 9.17) is 57.7 Å². The fraction of sp³-hybridized carbons (Fsp3) is 0. The van der Waals surface area contributed by atoms with Crippen LogP contribution in [0.15, 0.2) is 0 Å². The second-order valence-corrected chi connectivity index (χ2v) is 4.02. The van der Waals surface area contributed by atoms with Crippen LogP contribution in [0, 0.1) is 0 Å². The van der Waals surface area contributed by atoms with E-state index in [2.05, 4.69) is 0 Å². The molecule has 0 heterocycles. The molecule has 0 saturated heterocycles. The third kappa shape index (κ3) is 711. The van der Waals surface area contributed by atoms with Gasteiger partial charge in [0.25, 0.3) is 0 Å². The summed E-state index contributed by atoms with van der Waals surface area (Å²) in [7, 11) is -16.2. The van der Waals surface area contributed by atoms with Crippen LogP contribution in [0.3, 0.4) is 0 Å². The van der Waals surface area contributed by atoms with Gasteiger partial charge in [0, 0.05) is 0 Å². The molecule has 0 aromatic heterocycles. The second kappa shape index (κ2) is 22.6. The van der Waals surface area contributed by atoms with Crippen molar-refractivity contribution in [1.82, 2.24) is 0 Å². The molecule has 0 spiro atoms. The molecule has 20 heteroatoms. The van der Waals surface area contributed by atoms with Gasteiger partial charge in [-0.3, -0.25) is 0 Å². The van der Waals surface area contributed by atoms with Crippen molar-refractivity contribution >= 4 is 123 Å². The Morgan fingerprint density at radius 1 is 0.450 bits per heavy atom. The van der Waals surface area contributed by atoms with E-state index >= 15 is 0 Å². The van der Waals surface area contributed by atoms with Crippen molar-refractivity contribution in [2.45, 2.75) is 0 Å². The monoisotopic (exact) mass is 954 g/mol. The standard InChI is InChI=1S/Al.3H3O4P.H2O.3Pb/c;3*1-5(2,3)4;;;;/h;3*(H3,1,2,3,4);1H2;;;/q+3;;;;;3*+2/p-9. The number of rotatable bonds is 0. The van der Waals surface area contributed by atoms with Crippen molar-refractivity contribution < 1.29 is 63.2 Å². The summed E-state index contributed by atoms with van der Waals surface area (Å²) >= 11 is 0. The predicted octanol–water partition coefficient (Wildman–Crippen LogP) is -10.8. The maximum Gasteiger partial charge on any atom is 3.00 e. The van der Waals surface area contributed by atoms with Crippen LogP contribution < -0.4 is 44.0 Å². The molecular weight excluding hydrogens is 949 g/mol. The van der Waals surface area contributed by atoms with Gasteiger partial charge in [-0.25, -0.2) is 0 Å². The number of hydrogen-bond donors (Lipinski definition) is 0. The van der Waals surface area contributed by atoms with Crippen molar-refractivity contribution in [2.75, 3.05) is 0 Å². The summed E-state index contributed by atoms with van der Waals surface area (Å²) in [6.07, 6.45) is 0. The summed E-state index contributed by atoms with van der Waals surface area (Å²) in [6, 6.07) is 0. The Morgan fingerprint density at radius 3 is 0.450 bits per heavy atom. The van der Waals surface area contributed by atoms with Crippen LogP contribution in [0.5, 0.6) is 0 Å². The molecule has 0 aliphatic carbocycles. The molecule has 110 valence electrons. The van der Waals surface area contributed by atoms with Crippen LogP contribution in [0.4, 0.5) is 0 Å². The van der Waals surface area contributed by atoms with Crippen molar-refractivity contribution in [2.24, 2.45) is 0 Å². The van der Waals surface area contributed by atoms with Crippen molar-refractivity contribution in [3.63, 3.8) is 0 Å². The van der Waals surface area contributed by atoms with Gasteiger partial charge in [0.15, 0.2) is 0 Å². The SMILES string of the molecule is O.O=P([O-])([O-])[O-].O=P([O-])([O-])[O-].O=P([O-])([O-])[O-].[Al+3].[Pb+2].[Pb+2].[Pb+2]. The van der Waals surface area contributed by atoms with Gasteiger partial charge in [-0.1, -0.05) is 0 Å². The first-order valence-electron chi connectivity index (χ1n) is 2.19. The first-order chi connectivity index (χ1) is 6.00. The Balaban J connectivity index is -0.0000000160. The largest absolute Gasteiger partial charge is 3.00 e. The molecule has 0 bridgehead atoms. The fourth-order valence-corrected chi connectivity index (χ4v) is 0. The molecule has 0 unspecified atom stereocenters. The summed E-state index contributed by atoms with van der Waals surface area (Å²) in [5.74, 6) is 0. The average molecular weight is 952 g/mol. The molecule has 6 radical (unpaired) electrons. The van der Waals surface area contributed by atoms with Crippen LogP contribution in [-0.4, -0.2) is 105 Å². The number of phosphoric acid groups is 3. The fourth-order valence-electron chi connectivity index (χ4n) is 0. The van der Waals surface area contributed by atoms with Crippen LogP contribution in [0.2, 0.25) is 0 Å². The van der Waals surface area contributed by atoms with Gasteiger partial charge in [0.1, 0.15) is 0 Å². The van der Waals surface area contributed by atoms with E-state index in [0.29, 0.717) is 0 Å². The molecule has 0 rings (SSSR count). The van der Waals surface area contributed by atoms with E-state index in [1.807, 2.05) is 0 Å². The van der Waals surface area contributed by atoms with E-state index in [0.717, 1.165) is 0 Å². The van der Waals surface area contributed by atoms with Crippen molar-refractivity contribution in [1.29, 1.82) is 0 Å². The minimum Gasteiger partial charge on any atom is -0.822 e. The van der Waals surface area contributed by atoms with E-state index < -0.39 is 23.5 Å². The minimum absolute atomic E-state index is 0. The predicted molar refractivity (Wildman–Crippen MR) is 49.4 cm³/mol. The molecule has 0 fully saturated rings. The number of hydrogen-bond acceptors (Lipinski definition) is 12. The third-order valence-corrected chi connectivity index (χ3v) is 0. The normalized spacial score (nSPS) is 8.85. The molecule has 13 nitrogen and oxygen atoms in total. The maximum atomic E-state index is 8.55. The Hall–Kier alpha value is 3.59. The Morgan fingerprint density at radius 2 is 0.450 bits per heavy atom. The molecule has 0 aliphatic rings. The van der Waals surface area contributed by atoms with Gasteiger partial charge >= 0.3 is 99.3 Å². The molecule has 0 aromatic rings. The quantitative estimate of drug-likeness (QED) is 0.162. The summed E-state index contributed by atoms with van der Waals surface area (Å²) < 4.78 is 25.6. The van der Waals surface area contributed by atoms with Crippen molar-refractivity contribution in [3.8, 4) is 0 Å².